The van der Waals surface area contributed by atoms with Gasteiger partial charge in [-0.3, -0.25) is 0 Å². The Morgan fingerprint density at radius 1 is 1.48 bits per heavy atom. The third kappa shape index (κ3) is 3.34. The van der Waals surface area contributed by atoms with Gasteiger partial charge < -0.3 is 15.3 Å². The summed E-state index contributed by atoms with van der Waals surface area (Å²) in [6.07, 6.45) is 3.53. The molecule has 0 radical (unpaired) electrons. The third-order valence-corrected chi connectivity index (χ3v) is 4.16. The molecule has 2 heterocycles. The van der Waals surface area contributed by atoms with Gasteiger partial charge in [0.2, 0.25) is 0 Å². The molecule has 3 rings (SSSR count). The molecule has 2 aromatic rings. The fourth-order valence-electron chi connectivity index (χ4n) is 2.65. The zero-order valence-corrected chi connectivity index (χ0v) is 12.8. The molecule has 1 fully saturated rings. The average molecular weight is 318 g/mol. The number of β-amino-alcohol motifs (C(OH)–C–C–N with tert-alkyl or cyclic N) is 1. The van der Waals surface area contributed by atoms with Crippen LogP contribution in [0.15, 0.2) is 36.7 Å². The fourth-order valence-corrected chi connectivity index (χ4v) is 2.65. The van der Waals surface area contributed by atoms with E-state index in [2.05, 4.69) is 10.4 Å². The van der Waals surface area contributed by atoms with Gasteiger partial charge in [-0.25, -0.2) is 13.9 Å². The van der Waals surface area contributed by atoms with Crippen LogP contribution in [0.25, 0.3) is 5.69 Å². The monoisotopic (exact) mass is 318 g/mol. The SMILES string of the molecule is CC1CCN(C(=O)Nc2cc(F)ccc2-n2cccn2)CC1O. The maximum absolute atomic E-state index is 13.6. The molecule has 0 bridgehead atoms. The topological polar surface area (TPSA) is 70.4 Å². The Balaban J connectivity index is 1.80. The van der Waals surface area contributed by atoms with Gasteiger partial charge >= 0.3 is 6.03 Å². The van der Waals surface area contributed by atoms with Gasteiger partial charge in [-0.2, -0.15) is 5.10 Å². The highest BCUT2D eigenvalue weighted by Crippen LogP contribution is 2.23. The summed E-state index contributed by atoms with van der Waals surface area (Å²) in [4.78, 5) is 13.9. The van der Waals surface area contributed by atoms with Crippen LogP contribution in [0.1, 0.15) is 13.3 Å². The molecular weight excluding hydrogens is 299 g/mol. The lowest BCUT2D eigenvalue weighted by atomic mass is 9.96. The van der Waals surface area contributed by atoms with Gasteiger partial charge in [-0.15, -0.1) is 0 Å². The number of aliphatic hydroxyl groups is 1. The number of rotatable bonds is 2. The summed E-state index contributed by atoms with van der Waals surface area (Å²) < 4.78 is 15.1. The molecule has 122 valence electrons. The van der Waals surface area contributed by atoms with Crippen LogP contribution in [0.5, 0.6) is 0 Å². The molecule has 2 N–H and O–H groups in total. The average Bonchev–Trinajstić information content (AvgIpc) is 3.04. The van der Waals surface area contributed by atoms with E-state index in [1.54, 1.807) is 34.1 Å². The minimum Gasteiger partial charge on any atom is -0.391 e. The van der Waals surface area contributed by atoms with Gasteiger partial charge in [-0.05, 0) is 36.6 Å². The predicted octanol–water partition coefficient (Wildman–Crippen LogP) is 2.25. The maximum atomic E-state index is 13.6. The van der Waals surface area contributed by atoms with Gasteiger partial charge in [0.05, 0.1) is 17.5 Å². The lowest BCUT2D eigenvalue weighted by Gasteiger charge is -2.34. The smallest absolute Gasteiger partial charge is 0.321 e. The van der Waals surface area contributed by atoms with Crippen molar-refractivity contribution in [3.05, 3.63) is 42.5 Å². The number of amides is 2. The van der Waals surface area contributed by atoms with Gasteiger partial charge in [0.1, 0.15) is 5.82 Å². The number of anilines is 1. The molecule has 2 amide bonds. The molecule has 2 atom stereocenters. The Labute approximate surface area is 133 Å². The first kappa shape index (κ1) is 15.5. The number of aliphatic hydroxyl groups excluding tert-OH is 1. The van der Waals surface area contributed by atoms with Crippen LogP contribution in [0.2, 0.25) is 0 Å². The van der Waals surface area contributed by atoms with E-state index in [1.807, 2.05) is 6.92 Å². The van der Waals surface area contributed by atoms with E-state index in [0.29, 0.717) is 17.9 Å². The second kappa shape index (κ2) is 6.37. The van der Waals surface area contributed by atoms with Crippen molar-refractivity contribution >= 4 is 11.7 Å². The number of halogens is 1. The summed E-state index contributed by atoms with van der Waals surface area (Å²) in [7, 11) is 0. The largest absolute Gasteiger partial charge is 0.391 e. The molecule has 1 aliphatic heterocycles. The van der Waals surface area contributed by atoms with Crippen molar-refractivity contribution in [1.82, 2.24) is 14.7 Å². The standard InChI is InChI=1S/C16H19FN4O2/c1-11-5-8-20(10-15(11)22)16(23)19-13-9-12(17)3-4-14(13)21-7-2-6-18-21/h2-4,6-7,9,11,15,22H,5,8,10H2,1H3,(H,19,23). The van der Waals surface area contributed by atoms with E-state index in [9.17, 15) is 14.3 Å². The molecule has 1 saturated heterocycles. The molecule has 1 aromatic carbocycles. The van der Waals surface area contributed by atoms with E-state index in [0.717, 1.165) is 6.42 Å². The van der Waals surface area contributed by atoms with E-state index in [4.69, 9.17) is 0 Å². The summed E-state index contributed by atoms with van der Waals surface area (Å²) in [6, 6.07) is 5.54. The molecule has 1 aromatic heterocycles. The van der Waals surface area contributed by atoms with Crippen LogP contribution >= 0.6 is 0 Å². The Morgan fingerprint density at radius 2 is 2.30 bits per heavy atom. The first-order chi connectivity index (χ1) is 11.0. The Hall–Kier alpha value is -2.41. The molecule has 0 saturated carbocycles. The summed E-state index contributed by atoms with van der Waals surface area (Å²) in [5, 5.41) is 16.7. The first-order valence-electron chi connectivity index (χ1n) is 7.58. The van der Waals surface area contributed by atoms with E-state index in [1.165, 1.54) is 12.1 Å². The van der Waals surface area contributed by atoms with Crippen molar-refractivity contribution in [2.45, 2.75) is 19.4 Å². The Bertz CT molecular complexity index is 689. The van der Waals surface area contributed by atoms with Crippen molar-refractivity contribution in [2.24, 2.45) is 5.92 Å². The van der Waals surface area contributed by atoms with E-state index >= 15 is 0 Å². The van der Waals surface area contributed by atoms with Crippen LogP contribution in [0.4, 0.5) is 14.9 Å². The van der Waals surface area contributed by atoms with Crippen molar-refractivity contribution in [3.8, 4) is 5.69 Å². The molecule has 1 aliphatic rings. The number of piperidine rings is 1. The van der Waals surface area contributed by atoms with Crippen molar-refractivity contribution < 1.29 is 14.3 Å². The molecule has 0 spiro atoms. The zero-order valence-electron chi connectivity index (χ0n) is 12.8. The molecule has 2 unspecified atom stereocenters. The summed E-state index contributed by atoms with van der Waals surface area (Å²) in [5.74, 6) is -0.267. The Kier molecular flexibility index (Phi) is 4.29. The quantitative estimate of drug-likeness (QED) is 0.892. The fraction of sp³-hybridized carbons (Fsp3) is 0.375. The summed E-state index contributed by atoms with van der Waals surface area (Å²) in [6.45, 7) is 2.80. The lowest BCUT2D eigenvalue weighted by Crippen LogP contribution is -2.47. The van der Waals surface area contributed by atoms with Crippen LogP contribution in [0, 0.1) is 11.7 Å². The number of nitrogens with one attached hydrogen (secondary N) is 1. The number of aromatic nitrogens is 2. The minimum atomic E-state index is -0.535. The van der Waals surface area contributed by atoms with Crippen molar-refractivity contribution in [3.63, 3.8) is 0 Å². The number of carbonyl (C=O) groups is 1. The minimum absolute atomic E-state index is 0.174. The predicted molar refractivity (Wildman–Crippen MR) is 83.9 cm³/mol. The second-order valence-corrected chi connectivity index (χ2v) is 5.82. The molecular formula is C16H19FN4O2. The molecule has 6 nitrogen and oxygen atoms in total. The number of hydrogen-bond acceptors (Lipinski definition) is 3. The van der Waals surface area contributed by atoms with Crippen LogP contribution in [0.3, 0.4) is 0 Å². The highest BCUT2D eigenvalue weighted by atomic mass is 19.1. The number of benzene rings is 1. The molecule has 0 aliphatic carbocycles. The van der Waals surface area contributed by atoms with Crippen molar-refractivity contribution in [2.75, 3.05) is 18.4 Å². The molecule has 7 heteroatoms. The summed E-state index contributed by atoms with van der Waals surface area (Å²) in [5.41, 5.74) is 0.919. The number of carbonyl (C=O) groups excluding carboxylic acids is 1. The normalized spacial score (nSPS) is 21.3. The molecule has 23 heavy (non-hydrogen) atoms. The van der Waals surface area contributed by atoms with E-state index < -0.39 is 11.9 Å². The zero-order chi connectivity index (χ0) is 16.4. The van der Waals surface area contributed by atoms with Crippen LogP contribution in [-0.2, 0) is 0 Å². The van der Waals surface area contributed by atoms with Gasteiger partial charge in [0.15, 0.2) is 0 Å². The number of likely N-dealkylation sites (tertiary alicyclic amines) is 1. The van der Waals surface area contributed by atoms with Gasteiger partial charge in [0.25, 0.3) is 0 Å². The number of hydrogen-bond donors (Lipinski definition) is 2. The Morgan fingerprint density at radius 3 is 3.00 bits per heavy atom. The number of urea groups is 1. The summed E-state index contributed by atoms with van der Waals surface area (Å²) >= 11 is 0. The van der Waals surface area contributed by atoms with Crippen molar-refractivity contribution in [1.29, 1.82) is 0 Å². The number of nitrogens with zero attached hydrogens (tertiary/aromatic N) is 3. The van der Waals surface area contributed by atoms with Crippen LogP contribution < -0.4 is 5.32 Å². The van der Waals surface area contributed by atoms with Crippen LogP contribution in [-0.4, -0.2) is 45.0 Å². The third-order valence-electron chi connectivity index (χ3n) is 4.16. The van der Waals surface area contributed by atoms with Gasteiger partial charge in [0, 0.05) is 25.5 Å². The first-order valence-corrected chi connectivity index (χ1v) is 7.58. The lowest BCUT2D eigenvalue weighted by molar-refractivity contribution is 0.0464. The van der Waals surface area contributed by atoms with E-state index in [-0.39, 0.29) is 18.5 Å². The maximum Gasteiger partial charge on any atom is 0.321 e. The highest BCUT2D eigenvalue weighted by molar-refractivity contribution is 5.91. The second-order valence-electron chi connectivity index (χ2n) is 5.82. The van der Waals surface area contributed by atoms with Gasteiger partial charge in [-0.1, -0.05) is 6.92 Å². The highest BCUT2D eigenvalue weighted by Gasteiger charge is 2.27.